The second-order valence-corrected chi connectivity index (χ2v) is 6.64. The number of carbonyl (C=O) groups is 1. The van der Waals surface area contributed by atoms with Crippen LogP contribution in [0.2, 0.25) is 0 Å². The molecule has 25 heavy (non-hydrogen) atoms. The molecule has 0 saturated carbocycles. The van der Waals surface area contributed by atoms with E-state index in [4.69, 9.17) is 4.74 Å². The van der Waals surface area contributed by atoms with Gasteiger partial charge < -0.3 is 25.2 Å². The molecule has 0 aliphatic carbocycles. The number of para-hydroxylation sites is 1. The van der Waals surface area contributed by atoms with Gasteiger partial charge in [0.05, 0.1) is 12.7 Å². The topological polar surface area (TPSA) is 107 Å². The summed E-state index contributed by atoms with van der Waals surface area (Å²) in [6.07, 6.45) is 1.93. The van der Waals surface area contributed by atoms with Crippen LogP contribution in [0.1, 0.15) is 52.4 Å². The molecule has 0 saturated heterocycles. The van der Waals surface area contributed by atoms with E-state index in [0.29, 0.717) is 12.2 Å². The molecule has 142 valence electrons. The molecule has 6 heteroatoms. The molecule has 0 fully saturated rings. The van der Waals surface area contributed by atoms with Crippen molar-refractivity contribution in [3.63, 3.8) is 0 Å². The number of hydrogen-bond donors (Lipinski definition) is 4. The molecule has 3 atom stereocenters. The third-order valence-electron chi connectivity index (χ3n) is 4.61. The lowest BCUT2D eigenvalue weighted by Crippen LogP contribution is -2.56. The lowest BCUT2D eigenvalue weighted by atomic mass is 9.71. The van der Waals surface area contributed by atoms with E-state index in [0.717, 1.165) is 19.3 Å². The van der Waals surface area contributed by atoms with Crippen LogP contribution in [0.5, 0.6) is 5.75 Å². The van der Waals surface area contributed by atoms with Gasteiger partial charge >= 0.3 is 5.97 Å². The fraction of sp³-hybridized carbons (Fsp3) is 0.632. The van der Waals surface area contributed by atoms with E-state index in [1.807, 2.05) is 0 Å². The van der Waals surface area contributed by atoms with E-state index >= 15 is 0 Å². The number of rotatable bonds is 12. The smallest absolute Gasteiger partial charge is 0.316 e. The first-order valence-electron chi connectivity index (χ1n) is 8.78. The summed E-state index contributed by atoms with van der Waals surface area (Å²) in [6, 6.07) is 8.48. The molecular formula is C19H30O6. The molecule has 4 N–H and O–H groups in total. The van der Waals surface area contributed by atoms with Crippen LogP contribution in [0.15, 0.2) is 30.3 Å². The van der Waals surface area contributed by atoms with Crippen LogP contribution in [0.25, 0.3) is 0 Å². The van der Waals surface area contributed by atoms with Crippen molar-refractivity contribution < 1.29 is 30.0 Å². The summed E-state index contributed by atoms with van der Waals surface area (Å²) >= 11 is 0. The van der Waals surface area contributed by atoms with Crippen LogP contribution in [-0.4, -0.2) is 44.9 Å². The molecular weight excluding hydrogens is 324 g/mol. The standard InChI is InChI=1S/C19H30O6/c1-3-4-5-9-12-19(17(22)23,13-15(21)14-20)18(2,24)25-16-10-7-6-8-11-16/h6-8,10-11,15,20-21,24H,3-5,9,12-14H2,1-2H3,(H,22,23). The highest BCUT2D eigenvalue weighted by Crippen LogP contribution is 2.43. The van der Waals surface area contributed by atoms with Crippen molar-refractivity contribution in [1.82, 2.24) is 0 Å². The predicted molar refractivity (Wildman–Crippen MR) is 94.2 cm³/mol. The van der Waals surface area contributed by atoms with Gasteiger partial charge in [0.25, 0.3) is 0 Å². The van der Waals surface area contributed by atoms with Crippen LogP contribution in [0, 0.1) is 5.41 Å². The summed E-state index contributed by atoms with van der Waals surface area (Å²) in [4.78, 5) is 12.1. The number of carboxylic acid groups (broad SMARTS) is 1. The first kappa shape index (κ1) is 21.4. The lowest BCUT2D eigenvalue weighted by Gasteiger charge is -2.42. The molecule has 6 nitrogen and oxygen atoms in total. The average molecular weight is 354 g/mol. The van der Waals surface area contributed by atoms with E-state index in [1.165, 1.54) is 6.92 Å². The Kier molecular flexibility index (Phi) is 8.35. The van der Waals surface area contributed by atoms with Crippen LogP contribution in [0.3, 0.4) is 0 Å². The van der Waals surface area contributed by atoms with E-state index in [-0.39, 0.29) is 12.8 Å². The summed E-state index contributed by atoms with van der Waals surface area (Å²) in [5, 5.41) is 39.9. The molecule has 0 aliphatic rings. The first-order chi connectivity index (χ1) is 11.8. The second kappa shape index (κ2) is 9.75. The minimum Gasteiger partial charge on any atom is -0.481 e. The highest BCUT2D eigenvalue weighted by Gasteiger charge is 2.56. The van der Waals surface area contributed by atoms with Gasteiger partial charge in [-0.05, 0) is 25.0 Å². The van der Waals surface area contributed by atoms with Crippen molar-refractivity contribution in [1.29, 1.82) is 0 Å². The third-order valence-corrected chi connectivity index (χ3v) is 4.61. The molecule has 0 radical (unpaired) electrons. The average Bonchev–Trinajstić information content (AvgIpc) is 2.57. The van der Waals surface area contributed by atoms with Crippen LogP contribution in [0.4, 0.5) is 0 Å². The minimum absolute atomic E-state index is 0.138. The quantitative estimate of drug-likeness (QED) is 0.339. The summed E-state index contributed by atoms with van der Waals surface area (Å²) in [6.45, 7) is 2.78. The summed E-state index contributed by atoms with van der Waals surface area (Å²) in [5.41, 5.74) is -1.74. The molecule has 3 unspecified atom stereocenters. The fourth-order valence-corrected chi connectivity index (χ4v) is 3.05. The molecule has 1 aromatic rings. The maximum absolute atomic E-state index is 12.1. The Morgan fingerprint density at radius 2 is 1.84 bits per heavy atom. The predicted octanol–water partition coefficient (Wildman–Crippen LogP) is 2.56. The van der Waals surface area contributed by atoms with E-state index in [9.17, 15) is 25.2 Å². The minimum atomic E-state index is -2.05. The molecule has 0 heterocycles. The maximum atomic E-state index is 12.1. The number of aliphatic hydroxyl groups excluding tert-OH is 2. The molecule has 0 bridgehead atoms. The molecule has 0 aliphatic heterocycles. The summed E-state index contributed by atoms with van der Waals surface area (Å²) < 4.78 is 5.61. The van der Waals surface area contributed by atoms with Gasteiger partial charge in [0.15, 0.2) is 0 Å². The van der Waals surface area contributed by atoms with Crippen molar-refractivity contribution in [3.8, 4) is 5.75 Å². The number of unbranched alkanes of at least 4 members (excludes halogenated alkanes) is 3. The molecule has 1 rings (SSSR count). The number of benzene rings is 1. The normalized spacial score (nSPS) is 17.3. The van der Waals surface area contributed by atoms with Crippen molar-refractivity contribution in [3.05, 3.63) is 30.3 Å². The highest BCUT2D eigenvalue weighted by molar-refractivity contribution is 5.76. The SMILES string of the molecule is CCCCCCC(CC(O)CO)(C(=O)O)C(C)(O)Oc1ccccc1. The zero-order chi connectivity index (χ0) is 18.9. The van der Waals surface area contributed by atoms with E-state index in [1.54, 1.807) is 30.3 Å². The molecule has 0 aromatic heterocycles. The van der Waals surface area contributed by atoms with E-state index < -0.39 is 29.9 Å². The van der Waals surface area contributed by atoms with Gasteiger partial charge in [-0.2, -0.15) is 0 Å². The Hall–Kier alpha value is -1.63. The monoisotopic (exact) mass is 354 g/mol. The van der Waals surface area contributed by atoms with E-state index in [2.05, 4.69) is 6.92 Å². The number of carboxylic acids is 1. The van der Waals surface area contributed by atoms with Crippen molar-refractivity contribution in [2.45, 2.75) is 64.3 Å². The summed E-state index contributed by atoms with van der Waals surface area (Å²) in [7, 11) is 0. The van der Waals surface area contributed by atoms with Gasteiger partial charge in [0, 0.05) is 6.92 Å². The van der Waals surface area contributed by atoms with Crippen LogP contribution >= 0.6 is 0 Å². The molecule has 0 amide bonds. The molecule has 0 spiro atoms. The van der Waals surface area contributed by atoms with Gasteiger partial charge in [-0.25, -0.2) is 0 Å². The van der Waals surface area contributed by atoms with Crippen LogP contribution < -0.4 is 4.74 Å². The fourth-order valence-electron chi connectivity index (χ4n) is 3.05. The number of aliphatic carboxylic acids is 1. The Bertz CT molecular complexity index is 516. The van der Waals surface area contributed by atoms with Gasteiger partial charge in [-0.1, -0.05) is 50.8 Å². The van der Waals surface area contributed by atoms with Crippen molar-refractivity contribution >= 4 is 5.97 Å². The number of aliphatic hydroxyl groups is 3. The largest absolute Gasteiger partial charge is 0.481 e. The van der Waals surface area contributed by atoms with Crippen LogP contribution in [-0.2, 0) is 4.79 Å². The zero-order valence-corrected chi connectivity index (χ0v) is 15.0. The maximum Gasteiger partial charge on any atom is 0.316 e. The highest BCUT2D eigenvalue weighted by atomic mass is 16.6. The van der Waals surface area contributed by atoms with Gasteiger partial charge in [0.1, 0.15) is 11.2 Å². The number of hydrogen-bond acceptors (Lipinski definition) is 5. The lowest BCUT2D eigenvalue weighted by molar-refractivity contribution is -0.231. The zero-order valence-electron chi connectivity index (χ0n) is 15.0. The Morgan fingerprint density at radius 3 is 2.36 bits per heavy atom. The summed E-state index contributed by atoms with van der Waals surface area (Å²) in [5.74, 6) is -2.97. The van der Waals surface area contributed by atoms with Gasteiger partial charge in [-0.15, -0.1) is 0 Å². The van der Waals surface area contributed by atoms with Gasteiger partial charge in [-0.3, -0.25) is 4.79 Å². The Labute approximate surface area is 149 Å². The third kappa shape index (κ3) is 5.70. The molecule has 1 aromatic carbocycles. The first-order valence-corrected chi connectivity index (χ1v) is 8.78. The second-order valence-electron chi connectivity index (χ2n) is 6.64. The van der Waals surface area contributed by atoms with Crippen molar-refractivity contribution in [2.24, 2.45) is 5.41 Å². The number of ether oxygens (including phenoxy) is 1. The van der Waals surface area contributed by atoms with Gasteiger partial charge in [0.2, 0.25) is 5.79 Å². The van der Waals surface area contributed by atoms with Crippen molar-refractivity contribution in [2.75, 3.05) is 6.61 Å². The Balaban J connectivity index is 3.12. The Morgan fingerprint density at radius 1 is 1.20 bits per heavy atom.